The number of thiophene rings is 1. The molecular formula is C17H14N4S2. The number of nitrogens with zero attached hydrogens (tertiary/aromatic N) is 4. The van der Waals surface area contributed by atoms with Gasteiger partial charge >= 0.3 is 0 Å². The van der Waals surface area contributed by atoms with Gasteiger partial charge in [-0.2, -0.15) is 5.26 Å². The van der Waals surface area contributed by atoms with Crippen LogP contribution in [0.1, 0.15) is 30.0 Å². The smallest absolute Gasteiger partial charge is 0.192 e. The monoisotopic (exact) mass is 338 g/mol. The summed E-state index contributed by atoms with van der Waals surface area (Å²) in [5.41, 5.74) is 1.84. The fraction of sp³-hybridized carbons (Fsp3) is 0.235. The molecule has 0 bridgehead atoms. The summed E-state index contributed by atoms with van der Waals surface area (Å²) in [6.45, 7) is 0. The molecule has 0 atom stereocenters. The maximum absolute atomic E-state index is 9.00. The topological polar surface area (TPSA) is 54.5 Å². The van der Waals surface area contributed by atoms with Gasteiger partial charge in [-0.15, -0.1) is 21.5 Å². The van der Waals surface area contributed by atoms with Crippen LogP contribution in [0.5, 0.6) is 0 Å². The standard InChI is InChI=1S/C17H14N4S2/c18-10-12-3-1-4-13(9-12)11-23-17-20-19-16(15-5-2-8-22-15)21(17)14-6-7-14/h1-5,8-9,14H,6-7,11H2. The number of nitriles is 1. The first-order valence-electron chi connectivity index (χ1n) is 7.46. The first-order valence-corrected chi connectivity index (χ1v) is 9.32. The first-order chi connectivity index (χ1) is 11.3. The van der Waals surface area contributed by atoms with Crippen LogP contribution in [-0.2, 0) is 5.75 Å². The van der Waals surface area contributed by atoms with Gasteiger partial charge < -0.3 is 0 Å². The molecular weight excluding hydrogens is 324 g/mol. The number of hydrogen-bond acceptors (Lipinski definition) is 5. The van der Waals surface area contributed by atoms with E-state index in [0.717, 1.165) is 22.3 Å². The third-order valence-corrected chi connectivity index (χ3v) is 5.62. The molecule has 2 heterocycles. The molecule has 1 saturated carbocycles. The number of benzene rings is 1. The van der Waals surface area contributed by atoms with Gasteiger partial charge in [-0.1, -0.05) is 30.0 Å². The van der Waals surface area contributed by atoms with Crippen molar-refractivity contribution in [2.45, 2.75) is 29.8 Å². The summed E-state index contributed by atoms with van der Waals surface area (Å²) in [7, 11) is 0. The van der Waals surface area contributed by atoms with Crippen molar-refractivity contribution in [1.29, 1.82) is 5.26 Å². The molecule has 0 spiro atoms. The van der Waals surface area contributed by atoms with E-state index in [1.54, 1.807) is 23.1 Å². The molecule has 3 aromatic rings. The van der Waals surface area contributed by atoms with Crippen LogP contribution >= 0.6 is 23.1 Å². The van der Waals surface area contributed by atoms with E-state index in [1.807, 2.05) is 30.3 Å². The second kappa shape index (κ2) is 6.19. The zero-order chi connectivity index (χ0) is 15.6. The molecule has 0 amide bonds. The van der Waals surface area contributed by atoms with E-state index in [9.17, 15) is 0 Å². The van der Waals surface area contributed by atoms with Gasteiger partial charge in [0.15, 0.2) is 11.0 Å². The predicted octanol–water partition coefficient (Wildman–Crippen LogP) is 4.51. The van der Waals surface area contributed by atoms with E-state index in [-0.39, 0.29) is 0 Å². The minimum Gasteiger partial charge on any atom is -0.298 e. The van der Waals surface area contributed by atoms with Crippen LogP contribution in [0.15, 0.2) is 46.9 Å². The molecule has 1 fully saturated rings. The zero-order valence-corrected chi connectivity index (χ0v) is 14.0. The molecule has 1 aliphatic carbocycles. The Kier molecular flexibility index (Phi) is 3.90. The van der Waals surface area contributed by atoms with Crippen LogP contribution in [0.4, 0.5) is 0 Å². The Labute approximate surface area is 142 Å². The van der Waals surface area contributed by atoms with E-state index >= 15 is 0 Å². The average Bonchev–Trinajstić information content (AvgIpc) is 3.12. The molecule has 1 aliphatic rings. The van der Waals surface area contributed by atoms with Crippen molar-refractivity contribution in [3.05, 3.63) is 52.9 Å². The highest BCUT2D eigenvalue weighted by atomic mass is 32.2. The molecule has 0 aliphatic heterocycles. The van der Waals surface area contributed by atoms with E-state index in [0.29, 0.717) is 11.6 Å². The van der Waals surface area contributed by atoms with Gasteiger partial charge in [-0.05, 0) is 42.0 Å². The van der Waals surface area contributed by atoms with Gasteiger partial charge in [0, 0.05) is 11.8 Å². The second-order valence-corrected chi connectivity index (χ2v) is 7.38. The van der Waals surface area contributed by atoms with Crippen LogP contribution in [0.2, 0.25) is 0 Å². The van der Waals surface area contributed by atoms with E-state index in [4.69, 9.17) is 5.26 Å². The van der Waals surface area contributed by atoms with Crippen LogP contribution in [-0.4, -0.2) is 14.8 Å². The molecule has 4 rings (SSSR count). The van der Waals surface area contributed by atoms with Crippen molar-refractivity contribution in [2.24, 2.45) is 0 Å². The van der Waals surface area contributed by atoms with Crippen LogP contribution in [0.25, 0.3) is 10.7 Å². The molecule has 0 unspecified atom stereocenters. The Hall–Kier alpha value is -2.10. The van der Waals surface area contributed by atoms with Crippen LogP contribution in [0, 0.1) is 11.3 Å². The maximum atomic E-state index is 9.00. The molecule has 23 heavy (non-hydrogen) atoms. The largest absolute Gasteiger partial charge is 0.298 e. The number of rotatable bonds is 5. The SMILES string of the molecule is N#Cc1cccc(CSc2nnc(-c3cccs3)n2C2CC2)c1. The lowest BCUT2D eigenvalue weighted by molar-refractivity contribution is 0.670. The summed E-state index contributed by atoms with van der Waals surface area (Å²) in [6, 6.07) is 14.6. The second-order valence-electron chi connectivity index (χ2n) is 5.49. The number of hydrogen-bond donors (Lipinski definition) is 0. The van der Waals surface area contributed by atoms with Crippen LogP contribution in [0.3, 0.4) is 0 Å². The molecule has 0 saturated heterocycles. The van der Waals surface area contributed by atoms with E-state index in [1.165, 1.54) is 17.7 Å². The van der Waals surface area contributed by atoms with Crippen molar-refractivity contribution in [1.82, 2.24) is 14.8 Å². The highest BCUT2D eigenvalue weighted by Crippen LogP contribution is 2.42. The van der Waals surface area contributed by atoms with Gasteiger partial charge in [0.2, 0.25) is 0 Å². The molecule has 0 radical (unpaired) electrons. The molecule has 1 aromatic carbocycles. The van der Waals surface area contributed by atoms with Crippen molar-refractivity contribution < 1.29 is 0 Å². The van der Waals surface area contributed by atoms with Gasteiger partial charge in [0.05, 0.1) is 16.5 Å². The summed E-state index contributed by atoms with van der Waals surface area (Å²) >= 11 is 3.39. The molecule has 0 N–H and O–H groups in total. The van der Waals surface area contributed by atoms with Gasteiger partial charge in [0.25, 0.3) is 0 Å². The van der Waals surface area contributed by atoms with Crippen molar-refractivity contribution in [3.8, 4) is 16.8 Å². The predicted molar refractivity (Wildman–Crippen MR) is 92.3 cm³/mol. The van der Waals surface area contributed by atoms with Gasteiger partial charge in [-0.3, -0.25) is 4.57 Å². The van der Waals surface area contributed by atoms with Crippen molar-refractivity contribution >= 4 is 23.1 Å². The quantitative estimate of drug-likeness (QED) is 0.643. The summed E-state index contributed by atoms with van der Waals surface area (Å²) in [5, 5.41) is 20.9. The van der Waals surface area contributed by atoms with Crippen molar-refractivity contribution in [3.63, 3.8) is 0 Å². The zero-order valence-electron chi connectivity index (χ0n) is 12.3. The summed E-state index contributed by atoms with van der Waals surface area (Å²) in [4.78, 5) is 1.17. The lowest BCUT2D eigenvalue weighted by Crippen LogP contribution is -1.99. The lowest BCUT2D eigenvalue weighted by atomic mass is 10.2. The summed E-state index contributed by atoms with van der Waals surface area (Å²) in [5.74, 6) is 1.78. The Balaban J connectivity index is 1.58. The fourth-order valence-corrected chi connectivity index (χ4v) is 4.14. The fourth-order valence-electron chi connectivity index (χ4n) is 2.49. The first kappa shape index (κ1) is 14.5. The molecule has 4 nitrogen and oxygen atoms in total. The molecule has 2 aromatic heterocycles. The summed E-state index contributed by atoms with van der Waals surface area (Å²) in [6.07, 6.45) is 2.40. The Morgan fingerprint density at radius 3 is 2.91 bits per heavy atom. The minimum absolute atomic E-state index is 0.537. The molecule has 6 heteroatoms. The molecule has 114 valence electrons. The Morgan fingerprint density at radius 2 is 2.17 bits per heavy atom. The third kappa shape index (κ3) is 3.03. The Morgan fingerprint density at radius 1 is 1.26 bits per heavy atom. The van der Waals surface area contributed by atoms with E-state index in [2.05, 4.69) is 32.3 Å². The Bertz CT molecular complexity index is 857. The van der Waals surface area contributed by atoms with E-state index < -0.39 is 0 Å². The highest BCUT2D eigenvalue weighted by molar-refractivity contribution is 7.98. The highest BCUT2D eigenvalue weighted by Gasteiger charge is 2.30. The summed E-state index contributed by atoms with van der Waals surface area (Å²) < 4.78 is 2.28. The minimum atomic E-state index is 0.537. The van der Waals surface area contributed by atoms with Crippen LogP contribution < -0.4 is 0 Å². The number of thioether (sulfide) groups is 1. The lowest BCUT2D eigenvalue weighted by Gasteiger charge is -2.07. The van der Waals surface area contributed by atoms with Gasteiger partial charge in [0.1, 0.15) is 0 Å². The van der Waals surface area contributed by atoms with Crippen molar-refractivity contribution in [2.75, 3.05) is 0 Å². The third-order valence-electron chi connectivity index (χ3n) is 3.74. The normalized spacial score (nSPS) is 13.9. The van der Waals surface area contributed by atoms with Gasteiger partial charge in [-0.25, -0.2) is 0 Å². The maximum Gasteiger partial charge on any atom is 0.192 e. The number of aromatic nitrogens is 3. The average molecular weight is 338 g/mol.